The molecule has 0 saturated carbocycles. The first-order chi connectivity index (χ1) is 13.5. The number of hydrogen-bond donors (Lipinski definition) is 0. The zero-order valence-electron chi connectivity index (χ0n) is 15.5. The topological polar surface area (TPSA) is 90.0 Å². The molecule has 142 valence electrons. The zero-order valence-corrected chi connectivity index (χ0v) is 15.5. The van der Waals surface area contributed by atoms with Crippen molar-refractivity contribution in [3.05, 3.63) is 65.5 Å². The SMILES string of the molecule is COc1cc(C(C)=O)ccc1OCC(=O)OCc1cn2ccccc2c1C#N. The first-order valence-corrected chi connectivity index (χ1v) is 8.49. The Balaban J connectivity index is 1.63. The highest BCUT2D eigenvalue weighted by molar-refractivity contribution is 5.94. The highest BCUT2D eigenvalue weighted by Crippen LogP contribution is 2.28. The van der Waals surface area contributed by atoms with Gasteiger partial charge in [-0.2, -0.15) is 5.26 Å². The average molecular weight is 378 g/mol. The number of benzene rings is 1. The number of carbonyl (C=O) groups is 2. The second-order valence-corrected chi connectivity index (χ2v) is 6.01. The van der Waals surface area contributed by atoms with E-state index in [-0.39, 0.29) is 19.0 Å². The molecule has 7 heteroatoms. The highest BCUT2D eigenvalue weighted by atomic mass is 16.6. The van der Waals surface area contributed by atoms with Crippen LogP contribution in [-0.4, -0.2) is 29.9 Å². The van der Waals surface area contributed by atoms with Crippen LogP contribution in [0.1, 0.15) is 28.4 Å². The second-order valence-electron chi connectivity index (χ2n) is 6.01. The normalized spacial score (nSPS) is 10.3. The maximum Gasteiger partial charge on any atom is 0.344 e. The van der Waals surface area contributed by atoms with Crippen LogP contribution >= 0.6 is 0 Å². The molecule has 0 amide bonds. The van der Waals surface area contributed by atoms with Crippen LogP contribution in [-0.2, 0) is 16.1 Å². The Morgan fingerprint density at radius 2 is 2.00 bits per heavy atom. The molecule has 0 radical (unpaired) electrons. The summed E-state index contributed by atoms with van der Waals surface area (Å²) in [5, 5.41) is 9.38. The number of ketones is 1. The number of aromatic nitrogens is 1. The number of methoxy groups -OCH3 is 1. The van der Waals surface area contributed by atoms with Crippen molar-refractivity contribution in [2.75, 3.05) is 13.7 Å². The van der Waals surface area contributed by atoms with Crippen LogP contribution in [0.4, 0.5) is 0 Å². The molecule has 0 aliphatic rings. The van der Waals surface area contributed by atoms with Crippen LogP contribution in [0.2, 0.25) is 0 Å². The van der Waals surface area contributed by atoms with Gasteiger partial charge in [0, 0.05) is 23.5 Å². The van der Waals surface area contributed by atoms with Gasteiger partial charge in [-0.05, 0) is 37.3 Å². The summed E-state index contributed by atoms with van der Waals surface area (Å²) < 4.78 is 17.7. The summed E-state index contributed by atoms with van der Waals surface area (Å²) in [4.78, 5) is 23.5. The van der Waals surface area contributed by atoms with Gasteiger partial charge in [-0.25, -0.2) is 4.79 Å². The number of rotatable bonds is 7. The first kappa shape index (κ1) is 19.0. The van der Waals surface area contributed by atoms with E-state index in [0.717, 1.165) is 5.52 Å². The van der Waals surface area contributed by atoms with Crippen molar-refractivity contribution in [3.63, 3.8) is 0 Å². The van der Waals surface area contributed by atoms with Crippen molar-refractivity contribution in [1.29, 1.82) is 5.26 Å². The van der Waals surface area contributed by atoms with Crippen molar-refractivity contribution in [2.45, 2.75) is 13.5 Å². The van der Waals surface area contributed by atoms with Crippen LogP contribution < -0.4 is 9.47 Å². The molecule has 2 aromatic heterocycles. The van der Waals surface area contributed by atoms with E-state index >= 15 is 0 Å². The van der Waals surface area contributed by atoms with Crippen molar-refractivity contribution >= 4 is 17.3 Å². The van der Waals surface area contributed by atoms with E-state index in [2.05, 4.69) is 6.07 Å². The van der Waals surface area contributed by atoms with E-state index in [1.54, 1.807) is 28.8 Å². The molecule has 0 fully saturated rings. The molecule has 0 aliphatic heterocycles. The number of carbonyl (C=O) groups excluding carboxylic acids is 2. The van der Waals surface area contributed by atoms with Crippen LogP contribution in [0.25, 0.3) is 5.52 Å². The zero-order chi connectivity index (χ0) is 20.1. The summed E-state index contributed by atoms with van der Waals surface area (Å²) in [6, 6.07) is 12.4. The standard InChI is InChI=1S/C21H18N2O5/c1-14(24)15-6-7-19(20(9-15)26-2)27-13-21(25)28-12-16-11-23-8-4-3-5-18(23)17(16)10-22/h3-9,11H,12-13H2,1-2H3. The lowest BCUT2D eigenvalue weighted by molar-refractivity contribution is -0.147. The summed E-state index contributed by atoms with van der Waals surface area (Å²) in [5.74, 6) is -0.00271. The van der Waals surface area contributed by atoms with Crippen LogP contribution in [0, 0.1) is 11.3 Å². The second kappa shape index (κ2) is 8.27. The van der Waals surface area contributed by atoms with Gasteiger partial charge in [-0.1, -0.05) is 6.07 Å². The number of fused-ring (bicyclic) bond motifs is 1. The number of Topliss-reactive ketones (excluding diaryl/α,β-unsaturated/α-hetero) is 1. The number of ether oxygens (including phenoxy) is 3. The van der Waals surface area contributed by atoms with Crippen LogP contribution in [0.5, 0.6) is 11.5 Å². The Labute approximate surface area is 161 Å². The largest absolute Gasteiger partial charge is 0.493 e. The molecular formula is C21H18N2O5. The molecule has 0 saturated heterocycles. The van der Waals surface area contributed by atoms with Gasteiger partial charge in [0.1, 0.15) is 12.7 Å². The minimum atomic E-state index is -0.586. The third-order valence-corrected chi connectivity index (χ3v) is 4.18. The number of nitriles is 1. The quantitative estimate of drug-likeness (QED) is 0.463. The van der Waals surface area contributed by atoms with Gasteiger partial charge in [-0.3, -0.25) is 4.79 Å². The molecule has 7 nitrogen and oxygen atoms in total. The van der Waals surface area contributed by atoms with E-state index in [4.69, 9.17) is 14.2 Å². The van der Waals surface area contributed by atoms with E-state index in [1.165, 1.54) is 14.0 Å². The van der Waals surface area contributed by atoms with Crippen LogP contribution in [0.15, 0.2) is 48.8 Å². The lowest BCUT2D eigenvalue weighted by Crippen LogP contribution is -2.15. The fourth-order valence-electron chi connectivity index (χ4n) is 2.76. The Bertz CT molecular complexity index is 1080. The van der Waals surface area contributed by atoms with E-state index in [0.29, 0.717) is 28.2 Å². The predicted molar refractivity (Wildman–Crippen MR) is 100 cm³/mol. The summed E-state index contributed by atoms with van der Waals surface area (Å²) >= 11 is 0. The smallest absolute Gasteiger partial charge is 0.344 e. The van der Waals surface area contributed by atoms with Crippen molar-refractivity contribution < 1.29 is 23.8 Å². The molecule has 3 aromatic rings. The number of hydrogen-bond acceptors (Lipinski definition) is 6. The fourth-order valence-corrected chi connectivity index (χ4v) is 2.76. The van der Waals surface area contributed by atoms with E-state index in [9.17, 15) is 14.9 Å². The van der Waals surface area contributed by atoms with Crippen LogP contribution in [0.3, 0.4) is 0 Å². The molecule has 0 atom stereocenters. The Hall–Kier alpha value is -3.79. The van der Waals surface area contributed by atoms with Gasteiger partial charge >= 0.3 is 5.97 Å². The fraction of sp³-hybridized carbons (Fsp3) is 0.190. The molecule has 0 unspecified atom stereocenters. The molecule has 1 aromatic carbocycles. The summed E-state index contributed by atoms with van der Waals surface area (Å²) in [7, 11) is 1.45. The maximum absolute atomic E-state index is 12.0. The molecule has 0 bridgehead atoms. The van der Waals surface area contributed by atoms with Gasteiger partial charge in [0.25, 0.3) is 0 Å². The van der Waals surface area contributed by atoms with Gasteiger partial charge in [-0.15, -0.1) is 0 Å². The Morgan fingerprint density at radius 3 is 2.71 bits per heavy atom. The lowest BCUT2D eigenvalue weighted by Gasteiger charge is -2.11. The minimum Gasteiger partial charge on any atom is -0.493 e. The van der Waals surface area contributed by atoms with E-state index < -0.39 is 5.97 Å². The van der Waals surface area contributed by atoms with Gasteiger partial charge < -0.3 is 18.6 Å². The molecule has 0 spiro atoms. The molecule has 3 rings (SSSR count). The number of pyridine rings is 1. The van der Waals surface area contributed by atoms with Crippen molar-refractivity contribution in [1.82, 2.24) is 4.40 Å². The molecular weight excluding hydrogens is 360 g/mol. The monoisotopic (exact) mass is 378 g/mol. The summed E-state index contributed by atoms with van der Waals surface area (Å²) in [6.45, 7) is 1.09. The highest BCUT2D eigenvalue weighted by Gasteiger charge is 2.14. The van der Waals surface area contributed by atoms with Gasteiger partial charge in [0.05, 0.1) is 18.2 Å². The minimum absolute atomic E-state index is 0.0345. The van der Waals surface area contributed by atoms with Crippen molar-refractivity contribution in [2.24, 2.45) is 0 Å². The van der Waals surface area contributed by atoms with Crippen molar-refractivity contribution in [3.8, 4) is 17.6 Å². The number of esters is 1. The molecule has 28 heavy (non-hydrogen) atoms. The molecule has 0 N–H and O–H groups in total. The summed E-state index contributed by atoms with van der Waals surface area (Å²) in [6.07, 6.45) is 3.58. The van der Waals surface area contributed by atoms with Gasteiger partial charge in [0.2, 0.25) is 0 Å². The summed E-state index contributed by atoms with van der Waals surface area (Å²) in [5.41, 5.74) is 2.32. The van der Waals surface area contributed by atoms with E-state index in [1.807, 2.05) is 24.4 Å². The molecule has 2 heterocycles. The third-order valence-electron chi connectivity index (χ3n) is 4.18. The first-order valence-electron chi connectivity index (χ1n) is 8.49. The Morgan fingerprint density at radius 1 is 1.18 bits per heavy atom. The molecule has 0 aliphatic carbocycles. The third kappa shape index (κ3) is 3.96. The Kier molecular flexibility index (Phi) is 5.61. The average Bonchev–Trinajstić information content (AvgIpc) is 3.07. The van der Waals surface area contributed by atoms with Gasteiger partial charge in [0.15, 0.2) is 23.9 Å². The number of nitrogens with zero attached hydrogens (tertiary/aromatic N) is 2. The maximum atomic E-state index is 12.0. The lowest BCUT2D eigenvalue weighted by atomic mass is 10.1. The predicted octanol–water partition coefficient (Wildman–Crippen LogP) is 3.14.